The Balaban J connectivity index is 0.000000215. The minimum Gasteiger partial charge on any atom is -0.360 e. The highest BCUT2D eigenvalue weighted by Crippen LogP contribution is 2.39. The van der Waals surface area contributed by atoms with Gasteiger partial charge in [-0.2, -0.15) is 25.7 Å². The lowest BCUT2D eigenvalue weighted by Crippen LogP contribution is -2.48. The second kappa shape index (κ2) is 29.5. The van der Waals surface area contributed by atoms with Gasteiger partial charge in [-0.25, -0.2) is 9.36 Å². The van der Waals surface area contributed by atoms with E-state index in [0.717, 1.165) is 124 Å². The van der Waals surface area contributed by atoms with Crippen molar-refractivity contribution in [2.75, 3.05) is 23.8 Å². The van der Waals surface area contributed by atoms with Gasteiger partial charge < -0.3 is 30.7 Å². The van der Waals surface area contributed by atoms with Crippen LogP contribution in [-0.2, 0) is 59.5 Å². The van der Waals surface area contributed by atoms with E-state index in [2.05, 4.69) is 112 Å². The summed E-state index contributed by atoms with van der Waals surface area (Å²) in [5, 5.41) is 39.4. The molecule has 478 valence electrons. The summed E-state index contributed by atoms with van der Waals surface area (Å²) in [4.78, 5) is 54.6. The zero-order valence-corrected chi connectivity index (χ0v) is 58.1. The molecule has 0 fully saturated rings. The summed E-state index contributed by atoms with van der Waals surface area (Å²) in [6.45, 7) is 24.5. The smallest absolute Gasteiger partial charge is 0.270 e. The highest BCUT2D eigenvalue weighted by Gasteiger charge is 2.37. The second-order valence-corrected chi connectivity index (χ2v) is 38.5. The average molecular weight is 1330 g/mol. The van der Waals surface area contributed by atoms with Gasteiger partial charge in [0.05, 0.1) is 23.0 Å². The molecule has 2 aliphatic rings. The van der Waals surface area contributed by atoms with E-state index in [1.54, 1.807) is 44.7 Å². The molecule has 8 aromatic rings. The first-order valence-electron chi connectivity index (χ1n) is 31.3. The van der Waals surface area contributed by atoms with Gasteiger partial charge in [0.2, 0.25) is 11.8 Å². The van der Waals surface area contributed by atoms with Crippen LogP contribution in [0.4, 0.5) is 11.4 Å². The van der Waals surface area contributed by atoms with E-state index < -0.39 is 28.2 Å². The molecule has 4 atom stereocenters. The molecule has 0 radical (unpaired) electrons. The summed E-state index contributed by atoms with van der Waals surface area (Å²) >= 11 is 3.60. The van der Waals surface area contributed by atoms with Crippen LogP contribution in [0.25, 0.3) is 22.3 Å². The molecule has 4 N–H and O–H groups in total. The van der Waals surface area contributed by atoms with Gasteiger partial charge in [0.1, 0.15) is 36.9 Å². The minimum atomic E-state index is -1.17. The third kappa shape index (κ3) is 16.9. The number of nitrogens with one attached hydrogen (secondary N) is 4. The number of nitriles is 1. The lowest BCUT2D eigenvalue weighted by molar-refractivity contribution is -0.119. The number of carbonyl (C=O) groups is 4. The molecule has 0 bridgehead atoms. The van der Waals surface area contributed by atoms with Crippen molar-refractivity contribution >= 4 is 67.1 Å². The highest BCUT2D eigenvalue weighted by molar-refractivity contribution is 9.10. The number of aryl methyl sites for hydroxylation is 6. The van der Waals surface area contributed by atoms with Gasteiger partial charge in [0.25, 0.3) is 11.8 Å². The third-order valence-corrected chi connectivity index (χ3v) is 21.1. The second-order valence-electron chi connectivity index (χ2n) is 26.4. The maximum absolute atomic E-state index is 14.0. The molecule has 4 heterocycles. The Morgan fingerprint density at radius 2 is 1.02 bits per heavy atom. The summed E-state index contributed by atoms with van der Waals surface area (Å²) in [6.07, 6.45) is 8.25. The fraction of sp³-hybridized carbons (Fsp3) is 0.406. The largest absolute Gasteiger partial charge is 0.360 e. The van der Waals surface area contributed by atoms with Gasteiger partial charge in [-0.15, -0.1) is 0 Å². The van der Waals surface area contributed by atoms with Gasteiger partial charge >= 0.3 is 0 Å². The maximum atomic E-state index is 14.0. The molecular weight excluding hydrogens is 1240 g/mol. The Morgan fingerprint density at radius 1 is 0.604 bits per heavy atom. The zero-order chi connectivity index (χ0) is 65.3. The van der Waals surface area contributed by atoms with Gasteiger partial charge in [0, 0.05) is 106 Å². The van der Waals surface area contributed by atoms with Crippen LogP contribution >= 0.6 is 15.9 Å². The molecule has 0 saturated heterocycles. The van der Waals surface area contributed by atoms with Crippen LogP contribution in [0, 0.1) is 39.0 Å². The summed E-state index contributed by atoms with van der Waals surface area (Å²) in [7, 11) is 1.09. The van der Waals surface area contributed by atoms with Gasteiger partial charge in [-0.1, -0.05) is 91.6 Å². The molecule has 4 amide bonds. The first kappa shape index (κ1) is 67.3. The van der Waals surface area contributed by atoms with E-state index in [9.17, 15) is 24.4 Å². The lowest BCUT2D eigenvalue weighted by Gasteiger charge is -2.32. The van der Waals surface area contributed by atoms with Gasteiger partial charge in [-0.3, -0.25) is 28.5 Å². The van der Waals surface area contributed by atoms with Crippen molar-refractivity contribution in [3.63, 3.8) is 0 Å². The SMILES string of the molecule is Cc1nn(COCC[Si](C)(C)C)c(C)c1-c1ccc(NC(=O)[C@@H](NC(=O)c2ccnn2C)[C@H]2CCCc3ccc(Br)cc32)cc1.Cc1nn(COCC[Si](C)(C)C)c(C)c1-c1ccc(NC(=O)[C@@H](NC(=O)c2ccnn2C)[C@H]2CCCc3ccc(C#N)cc32)cc1. The molecule has 22 heteroatoms. The number of aromatic nitrogens is 8. The number of fused-ring (bicyclic) bond motifs is 2. The number of ether oxygens (including phenoxy) is 2. The van der Waals surface area contributed by atoms with Crippen molar-refractivity contribution in [2.45, 2.75) is 155 Å². The Morgan fingerprint density at radius 3 is 1.42 bits per heavy atom. The Kier molecular flexibility index (Phi) is 21.8. The number of amides is 4. The number of halogens is 1. The van der Waals surface area contributed by atoms with Crippen molar-refractivity contribution in [3.8, 4) is 28.3 Å². The van der Waals surface area contributed by atoms with Crippen LogP contribution in [0.3, 0.4) is 0 Å². The number of rotatable bonds is 22. The molecular formula is C69H86BrN13O6Si2. The zero-order valence-electron chi connectivity index (χ0n) is 54.5. The average Bonchev–Trinajstić information content (AvgIpc) is 1.38. The van der Waals surface area contributed by atoms with E-state index in [-0.39, 0.29) is 35.5 Å². The summed E-state index contributed by atoms with van der Waals surface area (Å²) in [6, 6.07) is 33.4. The molecule has 4 aromatic carbocycles. The molecule has 91 heavy (non-hydrogen) atoms. The summed E-state index contributed by atoms with van der Waals surface area (Å²) < 4.78 is 19.7. The maximum Gasteiger partial charge on any atom is 0.270 e. The van der Waals surface area contributed by atoms with Crippen LogP contribution in [0.1, 0.15) is 109 Å². The van der Waals surface area contributed by atoms with E-state index in [1.807, 2.05) is 96.9 Å². The summed E-state index contributed by atoms with van der Waals surface area (Å²) in [5.74, 6) is -1.76. The number of hydrogen-bond acceptors (Lipinski definition) is 11. The Labute approximate surface area is 544 Å². The molecule has 2 aliphatic carbocycles. The molecule has 0 unspecified atom stereocenters. The number of anilines is 2. The molecule has 19 nitrogen and oxygen atoms in total. The van der Waals surface area contributed by atoms with Crippen molar-refractivity contribution in [3.05, 3.63) is 176 Å². The van der Waals surface area contributed by atoms with Crippen LogP contribution in [0.15, 0.2) is 114 Å². The molecule has 0 saturated carbocycles. The predicted octanol–water partition coefficient (Wildman–Crippen LogP) is 12.8. The standard InChI is InChI=1S/C35H43N7O3Si.C34H43BrN6O3Si/c1-23-32(24(2)42(40-23)22-45-18-19-46(4,5)6)27-12-14-28(15-13-27)38-35(44)33(39-34(43)31-16-17-37-41(31)3)29-9-7-8-26-11-10-25(21-36)20-30(26)29;1-22-31(23(2)41(39-22)21-44-18-19-45(4,5)6)25-11-14-27(15-12-25)37-34(43)32(38-33(42)30-16-17-36-40(30)3)28-9-7-8-24-10-13-26(35)20-29(24)28/h10-17,20,29,33H,7-9,18-19,22H2,1-6H3,(H,38,44)(H,39,43);10-17,20,28,32H,7-9,18-19,21H2,1-6H3,(H,37,43)(H,38,42)/t29-,33-;28-,32-/m00/s1. The fourth-order valence-electron chi connectivity index (χ4n) is 12.1. The fourth-order valence-corrected chi connectivity index (χ4v) is 14.0. The van der Waals surface area contributed by atoms with Crippen LogP contribution < -0.4 is 21.3 Å². The van der Waals surface area contributed by atoms with Crippen molar-refractivity contribution < 1.29 is 28.7 Å². The lowest BCUT2D eigenvalue weighted by atomic mass is 9.77. The van der Waals surface area contributed by atoms with Crippen molar-refractivity contribution in [1.29, 1.82) is 5.26 Å². The van der Waals surface area contributed by atoms with Gasteiger partial charge in [0.15, 0.2) is 0 Å². The Bertz CT molecular complexity index is 3940. The normalized spacial score (nSPS) is 15.3. The van der Waals surface area contributed by atoms with Crippen molar-refractivity contribution in [2.24, 2.45) is 14.1 Å². The predicted molar refractivity (Wildman–Crippen MR) is 365 cm³/mol. The molecule has 0 aliphatic heterocycles. The molecule has 0 spiro atoms. The Hall–Kier alpha value is -8.08. The van der Waals surface area contributed by atoms with E-state index >= 15 is 0 Å². The van der Waals surface area contributed by atoms with E-state index in [1.165, 1.54) is 14.9 Å². The van der Waals surface area contributed by atoms with Gasteiger partial charge in [-0.05, 0) is 172 Å². The van der Waals surface area contributed by atoms with Crippen molar-refractivity contribution in [1.82, 2.24) is 49.8 Å². The quantitative estimate of drug-likeness (QED) is 0.0368. The molecule has 4 aromatic heterocycles. The van der Waals surface area contributed by atoms with E-state index in [0.29, 0.717) is 48.2 Å². The first-order valence-corrected chi connectivity index (χ1v) is 39.5. The molecule has 10 rings (SSSR count). The number of nitrogens with zero attached hydrogens (tertiary/aromatic N) is 9. The van der Waals surface area contributed by atoms with E-state index in [4.69, 9.17) is 19.7 Å². The number of benzene rings is 4. The minimum absolute atomic E-state index is 0.174. The van der Waals surface area contributed by atoms with Crippen LogP contribution in [0.5, 0.6) is 0 Å². The topological polar surface area (TPSA) is 230 Å². The number of hydrogen-bond donors (Lipinski definition) is 4. The first-order chi connectivity index (χ1) is 43.4. The number of carbonyl (C=O) groups excluding carboxylic acids is 4. The monoisotopic (exact) mass is 1330 g/mol. The third-order valence-electron chi connectivity index (χ3n) is 17.2. The highest BCUT2D eigenvalue weighted by atomic mass is 79.9. The van der Waals surface area contributed by atoms with Crippen LogP contribution in [-0.4, -0.2) is 104 Å². The summed E-state index contributed by atoms with van der Waals surface area (Å²) in [5.41, 5.74) is 14.9. The van der Waals surface area contributed by atoms with Crippen LogP contribution in [0.2, 0.25) is 51.4 Å².